The van der Waals surface area contributed by atoms with Gasteiger partial charge in [-0.25, -0.2) is 4.98 Å². The van der Waals surface area contributed by atoms with E-state index in [4.69, 9.17) is 15.2 Å². The first kappa shape index (κ1) is 15.2. The van der Waals surface area contributed by atoms with Gasteiger partial charge in [0.15, 0.2) is 0 Å². The van der Waals surface area contributed by atoms with Crippen LogP contribution in [-0.4, -0.2) is 48.0 Å². The number of fused-ring (bicyclic) bond motifs is 1. The van der Waals surface area contributed by atoms with Crippen LogP contribution in [-0.2, 0) is 16.5 Å². The number of nitrogen functional groups attached to an aromatic ring is 1. The van der Waals surface area contributed by atoms with Gasteiger partial charge in [0, 0.05) is 27.5 Å². The van der Waals surface area contributed by atoms with Gasteiger partial charge in [0.25, 0.3) is 5.56 Å². The molecule has 8 nitrogen and oxygen atoms in total. The highest BCUT2D eigenvalue weighted by molar-refractivity contribution is 5.89. The predicted octanol–water partition coefficient (Wildman–Crippen LogP) is -0.0160. The van der Waals surface area contributed by atoms with Crippen LogP contribution in [0.5, 0.6) is 0 Å². The summed E-state index contributed by atoms with van der Waals surface area (Å²) in [5, 5.41) is 3.53. The van der Waals surface area contributed by atoms with Gasteiger partial charge in [-0.2, -0.15) is 4.98 Å². The normalized spacial score (nSPS) is 11.2. The fourth-order valence-corrected chi connectivity index (χ4v) is 2.09. The first-order valence-electron chi connectivity index (χ1n) is 6.44. The molecule has 2 aromatic rings. The second-order valence-corrected chi connectivity index (χ2v) is 4.67. The maximum atomic E-state index is 12.3. The zero-order valence-corrected chi connectivity index (χ0v) is 12.3. The predicted molar refractivity (Wildman–Crippen MR) is 80.4 cm³/mol. The highest BCUT2D eigenvalue weighted by Gasteiger charge is 2.15. The van der Waals surface area contributed by atoms with Crippen molar-refractivity contribution in [2.24, 2.45) is 7.05 Å². The number of nitrogens with two attached hydrogens (primary N) is 1. The van der Waals surface area contributed by atoms with Gasteiger partial charge in [-0.3, -0.25) is 4.79 Å². The van der Waals surface area contributed by atoms with Crippen molar-refractivity contribution in [3.63, 3.8) is 0 Å². The van der Waals surface area contributed by atoms with Gasteiger partial charge in [-0.05, 0) is 6.07 Å². The molecule has 0 aliphatic heterocycles. The molecule has 0 aromatic carbocycles. The van der Waals surface area contributed by atoms with E-state index >= 15 is 0 Å². The van der Waals surface area contributed by atoms with E-state index in [1.165, 1.54) is 4.57 Å². The number of nitrogens with zero attached hydrogens (tertiary/aromatic N) is 3. The summed E-state index contributed by atoms with van der Waals surface area (Å²) < 4.78 is 11.7. The molecule has 2 rings (SSSR count). The number of hydrogen-bond acceptors (Lipinski definition) is 7. The largest absolute Gasteiger partial charge is 0.382 e. The van der Waals surface area contributed by atoms with Gasteiger partial charge in [0.1, 0.15) is 11.2 Å². The lowest BCUT2D eigenvalue weighted by molar-refractivity contribution is 0.126. The SMILES string of the molecule is COCC(COC)Nc1nc(N)nc2ccn(C)c(=O)c12. The molecule has 3 N–H and O–H groups in total. The quantitative estimate of drug-likeness (QED) is 0.771. The molecule has 8 heteroatoms. The van der Waals surface area contributed by atoms with Crippen LogP contribution in [0, 0.1) is 0 Å². The van der Waals surface area contributed by atoms with E-state index in [-0.39, 0.29) is 17.5 Å². The van der Waals surface area contributed by atoms with E-state index in [1.807, 2.05) is 0 Å². The summed E-state index contributed by atoms with van der Waals surface area (Å²) in [6.45, 7) is 0.818. The van der Waals surface area contributed by atoms with Crippen LogP contribution in [0.15, 0.2) is 17.1 Å². The smallest absolute Gasteiger partial charge is 0.263 e. The highest BCUT2D eigenvalue weighted by Crippen LogP contribution is 2.18. The minimum absolute atomic E-state index is 0.104. The second kappa shape index (κ2) is 6.51. The van der Waals surface area contributed by atoms with Crippen molar-refractivity contribution in [1.82, 2.24) is 14.5 Å². The summed E-state index contributed by atoms with van der Waals surface area (Å²) in [6, 6.07) is 1.57. The van der Waals surface area contributed by atoms with E-state index < -0.39 is 0 Å². The second-order valence-electron chi connectivity index (χ2n) is 4.67. The third-order valence-electron chi connectivity index (χ3n) is 3.02. The summed E-state index contributed by atoms with van der Waals surface area (Å²) in [4.78, 5) is 20.5. The maximum Gasteiger partial charge on any atom is 0.263 e. The Morgan fingerprint density at radius 3 is 2.62 bits per heavy atom. The molecule has 0 unspecified atom stereocenters. The monoisotopic (exact) mass is 293 g/mol. The molecule has 2 heterocycles. The molecule has 0 fully saturated rings. The van der Waals surface area contributed by atoms with Crippen molar-refractivity contribution in [3.05, 3.63) is 22.6 Å². The van der Waals surface area contributed by atoms with Crippen molar-refractivity contribution in [2.45, 2.75) is 6.04 Å². The van der Waals surface area contributed by atoms with Crippen molar-refractivity contribution in [2.75, 3.05) is 38.5 Å². The third kappa shape index (κ3) is 3.29. The van der Waals surface area contributed by atoms with Crippen LogP contribution < -0.4 is 16.6 Å². The Labute approximate surface area is 121 Å². The number of aryl methyl sites for hydroxylation is 1. The first-order chi connectivity index (χ1) is 10.1. The van der Waals surface area contributed by atoms with E-state index in [0.29, 0.717) is 29.9 Å². The first-order valence-corrected chi connectivity index (χ1v) is 6.44. The average Bonchev–Trinajstić information content (AvgIpc) is 2.43. The van der Waals surface area contributed by atoms with Crippen molar-refractivity contribution in [1.29, 1.82) is 0 Å². The summed E-state index contributed by atoms with van der Waals surface area (Å²) >= 11 is 0. The molecule has 0 atom stereocenters. The molecule has 21 heavy (non-hydrogen) atoms. The molecule has 0 radical (unpaired) electrons. The van der Waals surface area contributed by atoms with Gasteiger partial charge in [0.05, 0.1) is 24.8 Å². The van der Waals surface area contributed by atoms with Crippen molar-refractivity contribution >= 4 is 22.7 Å². The molecule has 0 aliphatic rings. The number of anilines is 2. The molecular weight excluding hydrogens is 274 g/mol. The summed E-state index contributed by atoms with van der Waals surface area (Å²) in [5.74, 6) is 0.490. The summed E-state index contributed by atoms with van der Waals surface area (Å²) in [7, 11) is 4.86. The lowest BCUT2D eigenvalue weighted by Crippen LogP contribution is -2.31. The standard InChI is InChI=1S/C13H19N5O3/c1-18-5-4-9-10(12(18)19)11(17-13(14)16-9)15-8(6-20-2)7-21-3/h4-5,8H,6-7H2,1-3H3,(H3,14,15,16,17). The van der Waals surface area contributed by atoms with Gasteiger partial charge in [0.2, 0.25) is 5.95 Å². The van der Waals surface area contributed by atoms with Crippen LogP contribution in [0.25, 0.3) is 10.9 Å². The zero-order valence-electron chi connectivity index (χ0n) is 12.3. The van der Waals surface area contributed by atoms with Gasteiger partial charge in [-0.1, -0.05) is 0 Å². The Morgan fingerprint density at radius 2 is 2.00 bits per heavy atom. The van der Waals surface area contributed by atoms with Crippen LogP contribution in [0.1, 0.15) is 0 Å². The van der Waals surface area contributed by atoms with Crippen LogP contribution in [0.3, 0.4) is 0 Å². The van der Waals surface area contributed by atoms with E-state index in [1.54, 1.807) is 33.5 Å². The zero-order chi connectivity index (χ0) is 15.4. The number of nitrogens with one attached hydrogen (secondary N) is 1. The molecule has 0 spiro atoms. The Kier molecular flexibility index (Phi) is 4.71. The lowest BCUT2D eigenvalue weighted by atomic mass is 10.2. The molecule has 0 bridgehead atoms. The molecule has 0 aliphatic carbocycles. The molecule has 2 aromatic heterocycles. The minimum Gasteiger partial charge on any atom is -0.382 e. The van der Waals surface area contributed by atoms with Gasteiger partial charge >= 0.3 is 0 Å². The summed E-state index contributed by atoms with van der Waals surface area (Å²) in [5.41, 5.74) is 6.01. The fraction of sp³-hybridized carbons (Fsp3) is 0.462. The number of methoxy groups -OCH3 is 2. The molecule has 0 amide bonds. The highest BCUT2D eigenvalue weighted by atomic mass is 16.5. The summed E-state index contributed by atoms with van der Waals surface area (Å²) in [6.07, 6.45) is 1.64. The molecule has 114 valence electrons. The average molecular weight is 293 g/mol. The molecule has 0 saturated heterocycles. The Balaban J connectivity index is 2.51. The Bertz CT molecular complexity index is 679. The minimum atomic E-state index is -0.191. The number of pyridine rings is 1. The van der Waals surface area contributed by atoms with Crippen molar-refractivity contribution in [3.8, 4) is 0 Å². The van der Waals surface area contributed by atoms with Gasteiger partial charge < -0.3 is 25.1 Å². The van der Waals surface area contributed by atoms with E-state index in [2.05, 4.69) is 15.3 Å². The van der Waals surface area contributed by atoms with E-state index in [0.717, 1.165) is 0 Å². The maximum absolute atomic E-state index is 12.3. The topological polar surface area (TPSA) is 104 Å². The van der Waals surface area contributed by atoms with Crippen molar-refractivity contribution < 1.29 is 9.47 Å². The Morgan fingerprint density at radius 1 is 1.33 bits per heavy atom. The molecular formula is C13H19N5O3. The van der Waals surface area contributed by atoms with Crippen LogP contribution in [0.2, 0.25) is 0 Å². The fourth-order valence-electron chi connectivity index (χ4n) is 2.09. The van der Waals surface area contributed by atoms with E-state index in [9.17, 15) is 4.79 Å². The molecule has 0 saturated carbocycles. The number of ether oxygens (including phenoxy) is 2. The number of aromatic nitrogens is 3. The van der Waals surface area contributed by atoms with Crippen LogP contribution >= 0.6 is 0 Å². The lowest BCUT2D eigenvalue weighted by Gasteiger charge is -2.18. The van der Waals surface area contributed by atoms with Gasteiger partial charge in [-0.15, -0.1) is 0 Å². The van der Waals surface area contributed by atoms with Crippen LogP contribution in [0.4, 0.5) is 11.8 Å². The number of rotatable bonds is 6. The third-order valence-corrected chi connectivity index (χ3v) is 3.02. The Hall–Kier alpha value is -2.19. The number of hydrogen-bond donors (Lipinski definition) is 2.